The second-order valence-corrected chi connectivity index (χ2v) is 7.81. The Morgan fingerprint density at radius 3 is 2.77 bits per heavy atom. The van der Waals surface area contributed by atoms with Crippen molar-refractivity contribution in [2.75, 3.05) is 20.1 Å². The number of tetrazole rings is 1. The van der Waals surface area contributed by atoms with E-state index in [0.717, 1.165) is 12.0 Å². The smallest absolute Gasteiger partial charge is 0.320 e. The standard InChI is InChI=1S/C21H28F2N6O2/c1-28-15-17(18(30)10-5-9-16-7-3-2-4-8-16)29(20(28)31)14-13-21(22,23)12-6-11-19-24-26-27-25-19/h2-4,7-8,10,17,30H,5-6,9,11-15H2,1H3,(H,24,25,26,27)/t17-/m0/s1. The van der Waals surface area contributed by atoms with Gasteiger partial charge in [-0.1, -0.05) is 35.5 Å². The lowest BCUT2D eigenvalue weighted by atomic mass is 10.1. The van der Waals surface area contributed by atoms with E-state index in [1.54, 1.807) is 13.1 Å². The molecule has 168 valence electrons. The first-order chi connectivity index (χ1) is 14.9. The second-order valence-electron chi connectivity index (χ2n) is 7.81. The highest BCUT2D eigenvalue weighted by molar-refractivity contribution is 5.77. The van der Waals surface area contributed by atoms with Gasteiger partial charge in [0, 0.05) is 39.4 Å². The molecular weight excluding hydrogens is 406 g/mol. The van der Waals surface area contributed by atoms with Crippen LogP contribution in [0.25, 0.3) is 0 Å². The molecular formula is C21H28F2N6O2. The van der Waals surface area contributed by atoms with E-state index in [1.165, 1.54) is 9.80 Å². The number of carbonyl (C=O) groups excluding carboxylic acids is 1. The highest BCUT2D eigenvalue weighted by atomic mass is 19.3. The number of likely N-dealkylation sites (N-methyl/N-ethyl adjacent to an activating group) is 1. The highest BCUT2D eigenvalue weighted by Crippen LogP contribution is 2.28. The third-order valence-electron chi connectivity index (χ3n) is 5.42. The zero-order chi connectivity index (χ0) is 22.3. The molecule has 0 radical (unpaired) electrons. The molecule has 3 rings (SSSR count). The number of benzene rings is 1. The van der Waals surface area contributed by atoms with Gasteiger partial charge in [-0.15, -0.1) is 10.2 Å². The predicted octanol–water partition coefficient (Wildman–Crippen LogP) is 3.36. The molecule has 0 spiro atoms. The minimum absolute atomic E-state index is 0.0500. The van der Waals surface area contributed by atoms with Gasteiger partial charge in [-0.2, -0.15) is 5.21 Å². The van der Waals surface area contributed by atoms with Crippen molar-refractivity contribution in [3.8, 4) is 0 Å². The van der Waals surface area contributed by atoms with Crippen molar-refractivity contribution in [1.82, 2.24) is 30.4 Å². The van der Waals surface area contributed by atoms with Crippen LogP contribution in [-0.2, 0) is 12.8 Å². The van der Waals surface area contributed by atoms with Gasteiger partial charge in [-0.3, -0.25) is 0 Å². The number of aryl methyl sites for hydroxylation is 2. The molecule has 2 amide bonds. The number of urea groups is 1. The number of nitrogens with zero attached hydrogens (tertiary/aromatic N) is 5. The van der Waals surface area contributed by atoms with Gasteiger partial charge in [0.25, 0.3) is 0 Å². The first kappa shape index (κ1) is 22.6. The highest BCUT2D eigenvalue weighted by Gasteiger charge is 2.39. The van der Waals surface area contributed by atoms with Crippen LogP contribution < -0.4 is 0 Å². The second kappa shape index (κ2) is 10.3. The van der Waals surface area contributed by atoms with Crippen LogP contribution in [-0.4, -0.2) is 73.7 Å². The molecule has 0 saturated carbocycles. The van der Waals surface area contributed by atoms with E-state index in [1.807, 2.05) is 30.3 Å². The van der Waals surface area contributed by atoms with Crippen LogP contribution in [0, 0.1) is 0 Å². The monoisotopic (exact) mass is 434 g/mol. The number of aliphatic hydroxyl groups is 1. The molecule has 0 aliphatic carbocycles. The Balaban J connectivity index is 1.52. The van der Waals surface area contributed by atoms with Crippen LogP contribution in [0.3, 0.4) is 0 Å². The summed E-state index contributed by atoms with van der Waals surface area (Å²) >= 11 is 0. The maximum absolute atomic E-state index is 14.4. The quantitative estimate of drug-likeness (QED) is 0.529. The van der Waals surface area contributed by atoms with Crippen LogP contribution in [0.4, 0.5) is 13.6 Å². The molecule has 1 saturated heterocycles. The van der Waals surface area contributed by atoms with E-state index in [2.05, 4.69) is 20.6 Å². The van der Waals surface area contributed by atoms with E-state index in [0.29, 0.717) is 18.7 Å². The minimum Gasteiger partial charge on any atom is -0.510 e. The predicted molar refractivity (Wildman–Crippen MR) is 111 cm³/mol. The lowest BCUT2D eigenvalue weighted by Crippen LogP contribution is -2.38. The Kier molecular flexibility index (Phi) is 7.54. The molecule has 2 N–H and O–H groups in total. The summed E-state index contributed by atoms with van der Waals surface area (Å²) in [6.07, 6.45) is 2.76. The first-order valence-corrected chi connectivity index (χ1v) is 10.4. The average molecular weight is 434 g/mol. The fourth-order valence-electron chi connectivity index (χ4n) is 3.66. The zero-order valence-corrected chi connectivity index (χ0v) is 17.5. The van der Waals surface area contributed by atoms with Crippen molar-refractivity contribution in [3.63, 3.8) is 0 Å². The number of hydrogen-bond acceptors (Lipinski definition) is 5. The summed E-state index contributed by atoms with van der Waals surface area (Å²) in [5.41, 5.74) is 1.14. The van der Waals surface area contributed by atoms with E-state index < -0.39 is 18.4 Å². The summed E-state index contributed by atoms with van der Waals surface area (Å²) in [7, 11) is 1.61. The Labute approximate surface area is 179 Å². The number of amides is 2. The van der Waals surface area contributed by atoms with Gasteiger partial charge in [-0.25, -0.2) is 13.6 Å². The Bertz CT molecular complexity index is 860. The summed E-state index contributed by atoms with van der Waals surface area (Å²) in [6, 6.07) is 8.89. The van der Waals surface area contributed by atoms with Gasteiger partial charge in [0.2, 0.25) is 5.92 Å². The number of alkyl halides is 2. The summed E-state index contributed by atoms with van der Waals surface area (Å²) < 4.78 is 28.7. The number of carbonyl (C=O) groups is 1. The lowest BCUT2D eigenvalue weighted by Gasteiger charge is -2.25. The van der Waals surface area contributed by atoms with E-state index in [4.69, 9.17) is 0 Å². The SMILES string of the molecule is CN1C[C@@H](C(O)=CCCc2ccccc2)N(CCC(F)(F)CCCc2nn[nH]n2)C1=O. The molecule has 1 atom stereocenters. The van der Waals surface area contributed by atoms with Crippen molar-refractivity contribution in [1.29, 1.82) is 0 Å². The minimum atomic E-state index is -2.93. The maximum Gasteiger partial charge on any atom is 0.320 e. The van der Waals surface area contributed by atoms with Crippen molar-refractivity contribution in [2.45, 2.75) is 50.5 Å². The molecule has 1 aliphatic heterocycles. The van der Waals surface area contributed by atoms with Crippen LogP contribution >= 0.6 is 0 Å². The number of hydrogen-bond donors (Lipinski definition) is 2. The summed E-state index contributed by atoms with van der Waals surface area (Å²) in [4.78, 5) is 15.2. The molecule has 31 heavy (non-hydrogen) atoms. The van der Waals surface area contributed by atoms with Gasteiger partial charge in [0.15, 0.2) is 5.82 Å². The largest absolute Gasteiger partial charge is 0.510 e. The number of nitrogens with one attached hydrogen (secondary N) is 1. The van der Waals surface area contributed by atoms with Crippen molar-refractivity contribution >= 4 is 6.03 Å². The topological polar surface area (TPSA) is 98.2 Å². The third kappa shape index (κ3) is 6.47. The van der Waals surface area contributed by atoms with Crippen molar-refractivity contribution in [2.24, 2.45) is 0 Å². The maximum atomic E-state index is 14.4. The number of allylic oxidation sites excluding steroid dienone is 1. The Morgan fingerprint density at radius 1 is 1.29 bits per heavy atom. The first-order valence-electron chi connectivity index (χ1n) is 10.4. The molecule has 1 fully saturated rings. The number of aliphatic hydroxyl groups excluding tert-OH is 1. The van der Waals surface area contributed by atoms with Crippen molar-refractivity contribution in [3.05, 3.63) is 53.6 Å². The van der Waals surface area contributed by atoms with Gasteiger partial charge >= 0.3 is 6.03 Å². The van der Waals surface area contributed by atoms with Crippen molar-refractivity contribution < 1.29 is 18.7 Å². The van der Waals surface area contributed by atoms with Gasteiger partial charge in [0.05, 0.1) is 0 Å². The average Bonchev–Trinajstić information content (AvgIpc) is 3.36. The summed E-state index contributed by atoms with van der Waals surface area (Å²) in [5, 5.41) is 23.7. The van der Waals surface area contributed by atoms with Crippen LogP contribution in [0.1, 0.15) is 37.1 Å². The number of rotatable bonds is 11. The molecule has 8 nitrogen and oxygen atoms in total. The molecule has 0 bridgehead atoms. The Hall–Kier alpha value is -3.04. The molecule has 2 heterocycles. The van der Waals surface area contributed by atoms with Gasteiger partial charge in [0.1, 0.15) is 11.8 Å². The van der Waals surface area contributed by atoms with Crippen LogP contribution in [0.15, 0.2) is 42.2 Å². The zero-order valence-electron chi connectivity index (χ0n) is 17.5. The Morgan fingerprint density at radius 2 is 2.06 bits per heavy atom. The molecule has 1 aromatic heterocycles. The molecule has 1 aromatic carbocycles. The van der Waals surface area contributed by atoms with Gasteiger partial charge < -0.3 is 14.9 Å². The number of H-pyrrole nitrogens is 1. The summed E-state index contributed by atoms with van der Waals surface area (Å²) in [5.74, 6) is -2.48. The normalized spacial score (nSPS) is 17.6. The van der Waals surface area contributed by atoms with E-state index in [9.17, 15) is 18.7 Å². The van der Waals surface area contributed by atoms with Crippen LogP contribution in [0.5, 0.6) is 0 Å². The third-order valence-corrected chi connectivity index (χ3v) is 5.42. The fourth-order valence-corrected chi connectivity index (χ4v) is 3.66. The molecule has 0 unspecified atom stereocenters. The number of halogens is 2. The fraction of sp³-hybridized carbons (Fsp3) is 0.524. The van der Waals surface area contributed by atoms with Gasteiger partial charge in [-0.05, 0) is 30.9 Å². The summed E-state index contributed by atoms with van der Waals surface area (Å²) in [6.45, 7) is 0.148. The number of aromatic nitrogens is 4. The molecule has 1 aliphatic rings. The van der Waals surface area contributed by atoms with E-state index >= 15 is 0 Å². The molecule has 10 heteroatoms. The van der Waals surface area contributed by atoms with Crippen LogP contribution in [0.2, 0.25) is 0 Å². The number of aromatic amines is 1. The lowest BCUT2D eigenvalue weighted by molar-refractivity contribution is -0.0238. The molecule has 2 aromatic rings. The van der Waals surface area contributed by atoms with E-state index in [-0.39, 0.29) is 37.7 Å².